The summed E-state index contributed by atoms with van der Waals surface area (Å²) in [6.45, 7) is 6.51. The molecule has 8 nitrogen and oxygen atoms in total. The molecule has 2 aromatic carbocycles. The number of benzene rings is 2. The topological polar surface area (TPSA) is 96.0 Å². The van der Waals surface area contributed by atoms with Gasteiger partial charge in [-0.2, -0.15) is 4.31 Å². The van der Waals surface area contributed by atoms with Crippen molar-refractivity contribution in [3.05, 3.63) is 53.6 Å². The second kappa shape index (κ2) is 9.76. The average molecular weight is 486 g/mol. The van der Waals surface area contributed by atoms with Crippen LogP contribution in [0.25, 0.3) is 0 Å². The highest BCUT2D eigenvalue weighted by Crippen LogP contribution is 2.35. The van der Waals surface area contributed by atoms with Gasteiger partial charge in [0.2, 0.25) is 15.9 Å². The number of carbonyl (C=O) groups excluding carboxylic acids is 2. The minimum Gasteiger partial charge on any atom is -0.482 e. The van der Waals surface area contributed by atoms with Crippen molar-refractivity contribution in [1.82, 2.24) is 9.21 Å². The maximum absolute atomic E-state index is 13.6. The molecular weight excluding hydrogens is 454 g/mol. The Morgan fingerprint density at radius 1 is 1.24 bits per heavy atom. The number of anilines is 1. The van der Waals surface area contributed by atoms with Gasteiger partial charge in [0.05, 0.1) is 16.5 Å². The van der Waals surface area contributed by atoms with Crippen LogP contribution >= 0.6 is 0 Å². The summed E-state index contributed by atoms with van der Waals surface area (Å²) in [5.74, 6) is -0.359. The predicted octanol–water partition coefficient (Wildman–Crippen LogP) is 3.16. The Morgan fingerprint density at radius 2 is 1.97 bits per heavy atom. The second-order valence-electron chi connectivity index (χ2n) is 9.20. The molecule has 2 aliphatic heterocycles. The van der Waals surface area contributed by atoms with E-state index in [9.17, 15) is 18.0 Å². The molecule has 9 heteroatoms. The van der Waals surface area contributed by atoms with Gasteiger partial charge < -0.3 is 15.0 Å². The van der Waals surface area contributed by atoms with Crippen LogP contribution in [0.3, 0.4) is 0 Å². The number of carbonyl (C=O) groups is 2. The molecule has 2 heterocycles. The molecule has 0 aromatic heterocycles. The second-order valence-corrected chi connectivity index (χ2v) is 11.1. The fourth-order valence-corrected chi connectivity index (χ4v) is 6.27. The normalized spacial score (nSPS) is 18.7. The summed E-state index contributed by atoms with van der Waals surface area (Å²) in [5.41, 5.74) is 2.03. The molecule has 1 saturated heterocycles. The molecule has 2 aromatic rings. The maximum Gasteiger partial charge on any atom is 0.262 e. The first kappa shape index (κ1) is 24.2. The van der Waals surface area contributed by atoms with E-state index in [2.05, 4.69) is 5.32 Å². The van der Waals surface area contributed by atoms with Crippen molar-refractivity contribution in [3.63, 3.8) is 0 Å². The molecule has 0 saturated carbocycles. The van der Waals surface area contributed by atoms with Crippen LogP contribution in [0.5, 0.6) is 5.75 Å². The Balaban J connectivity index is 1.55. The number of ether oxygens (including phenoxy) is 1. The summed E-state index contributed by atoms with van der Waals surface area (Å²) in [4.78, 5) is 27.0. The van der Waals surface area contributed by atoms with E-state index >= 15 is 0 Å². The number of rotatable bonds is 6. The molecule has 0 spiro atoms. The van der Waals surface area contributed by atoms with Crippen molar-refractivity contribution in [2.75, 3.05) is 25.0 Å². The van der Waals surface area contributed by atoms with Crippen molar-refractivity contribution in [3.8, 4) is 5.75 Å². The minimum absolute atomic E-state index is 0.00469. The van der Waals surface area contributed by atoms with E-state index < -0.39 is 15.9 Å². The predicted molar refractivity (Wildman–Crippen MR) is 129 cm³/mol. The summed E-state index contributed by atoms with van der Waals surface area (Å²) < 4.78 is 34.0. The summed E-state index contributed by atoms with van der Waals surface area (Å²) in [5, 5.41) is 2.70. The molecule has 0 aliphatic carbocycles. The number of hydrogen-bond donors (Lipinski definition) is 1. The van der Waals surface area contributed by atoms with Gasteiger partial charge in [-0.15, -0.1) is 0 Å². The number of nitrogens with one attached hydrogen (secondary N) is 1. The van der Waals surface area contributed by atoms with Gasteiger partial charge in [0, 0.05) is 31.7 Å². The molecule has 2 amide bonds. The highest BCUT2D eigenvalue weighted by atomic mass is 32.2. The van der Waals surface area contributed by atoms with Crippen molar-refractivity contribution >= 4 is 27.5 Å². The molecule has 1 fully saturated rings. The Morgan fingerprint density at radius 3 is 2.68 bits per heavy atom. The first-order chi connectivity index (χ1) is 16.2. The number of piperidine rings is 1. The monoisotopic (exact) mass is 485 g/mol. The van der Waals surface area contributed by atoms with E-state index in [1.807, 2.05) is 49.1 Å². The Hall–Kier alpha value is -2.91. The van der Waals surface area contributed by atoms with Crippen molar-refractivity contribution in [1.29, 1.82) is 0 Å². The van der Waals surface area contributed by atoms with Crippen LogP contribution in [-0.2, 0) is 26.2 Å². The molecule has 34 heavy (non-hydrogen) atoms. The van der Waals surface area contributed by atoms with Gasteiger partial charge in [0.1, 0.15) is 5.75 Å². The number of aryl methyl sites for hydroxylation is 1. The summed E-state index contributed by atoms with van der Waals surface area (Å²) in [6, 6.07) is 12.9. The fraction of sp³-hybridized carbons (Fsp3) is 0.440. The van der Waals surface area contributed by atoms with E-state index in [-0.39, 0.29) is 35.9 Å². The van der Waals surface area contributed by atoms with Gasteiger partial charge >= 0.3 is 0 Å². The zero-order valence-electron chi connectivity index (χ0n) is 19.8. The highest BCUT2D eigenvalue weighted by molar-refractivity contribution is 7.89. The third kappa shape index (κ3) is 4.95. The minimum atomic E-state index is -3.84. The fourth-order valence-electron chi connectivity index (χ4n) is 4.52. The maximum atomic E-state index is 13.6. The number of nitrogens with zero attached hydrogens (tertiary/aromatic N) is 2. The highest BCUT2D eigenvalue weighted by Gasteiger charge is 2.37. The molecule has 4 rings (SSSR count). The lowest BCUT2D eigenvalue weighted by molar-refractivity contribution is -0.139. The third-order valence-electron chi connectivity index (χ3n) is 6.36. The van der Waals surface area contributed by atoms with Crippen LogP contribution in [0, 0.1) is 12.8 Å². The number of sulfonamides is 1. The van der Waals surface area contributed by atoms with Crippen molar-refractivity contribution < 1.29 is 22.7 Å². The lowest BCUT2D eigenvalue weighted by atomic mass is 9.97. The van der Waals surface area contributed by atoms with E-state index in [1.54, 1.807) is 13.0 Å². The molecule has 2 aliphatic rings. The smallest absolute Gasteiger partial charge is 0.262 e. The van der Waals surface area contributed by atoms with Crippen LogP contribution in [0.4, 0.5) is 5.69 Å². The van der Waals surface area contributed by atoms with Crippen LogP contribution in [0.15, 0.2) is 47.4 Å². The van der Waals surface area contributed by atoms with E-state index in [4.69, 9.17) is 4.74 Å². The molecule has 182 valence electrons. The molecular formula is C25H31N3O5S. The quantitative estimate of drug-likeness (QED) is 0.678. The summed E-state index contributed by atoms with van der Waals surface area (Å²) in [7, 11) is -3.84. The molecule has 0 radical (unpaired) electrons. The molecule has 1 atom stereocenters. The average Bonchev–Trinajstić information content (AvgIpc) is 2.82. The zero-order valence-corrected chi connectivity index (χ0v) is 20.6. The number of hydrogen-bond acceptors (Lipinski definition) is 5. The van der Waals surface area contributed by atoms with E-state index in [1.165, 1.54) is 10.4 Å². The zero-order chi connectivity index (χ0) is 24.5. The van der Waals surface area contributed by atoms with Crippen LogP contribution in [-0.4, -0.2) is 55.2 Å². The Bertz CT molecular complexity index is 1180. The van der Waals surface area contributed by atoms with Crippen molar-refractivity contribution in [2.45, 2.75) is 51.1 Å². The van der Waals surface area contributed by atoms with Crippen LogP contribution < -0.4 is 10.1 Å². The van der Waals surface area contributed by atoms with Gasteiger partial charge in [0.15, 0.2) is 6.61 Å². The lowest BCUT2D eigenvalue weighted by Crippen LogP contribution is -2.48. The number of amides is 2. The molecule has 0 bridgehead atoms. The standard InChI is InChI=1S/C25H31N3O5S/c1-17(2)28(14-19-8-5-4-6-9-19)25(30)20-10-7-11-27(15-20)34(31,32)23-13-22-21(12-18(23)3)26-24(29)16-33-22/h4-6,8-9,12-13,17,20H,7,10-11,14-16H2,1-3H3,(H,26,29)/t20-/m1/s1. The SMILES string of the molecule is Cc1cc2c(cc1S(=O)(=O)N1CCC[C@@H](C(=O)N(Cc3ccccc3)C(C)C)C1)OCC(=O)N2. The van der Waals surface area contributed by atoms with E-state index in [0.717, 1.165) is 5.56 Å². The van der Waals surface area contributed by atoms with Gasteiger partial charge in [-0.05, 0) is 50.8 Å². The van der Waals surface area contributed by atoms with E-state index in [0.29, 0.717) is 42.9 Å². The van der Waals surface area contributed by atoms with Crippen LogP contribution in [0.1, 0.15) is 37.8 Å². The van der Waals surface area contributed by atoms with Gasteiger partial charge in [0.25, 0.3) is 5.91 Å². The molecule has 1 N–H and O–H groups in total. The largest absolute Gasteiger partial charge is 0.482 e. The van der Waals surface area contributed by atoms with Gasteiger partial charge in [-0.25, -0.2) is 8.42 Å². The Labute approximate surface area is 200 Å². The number of fused-ring (bicyclic) bond motifs is 1. The molecule has 0 unspecified atom stereocenters. The first-order valence-corrected chi connectivity index (χ1v) is 13.0. The van der Waals surface area contributed by atoms with Gasteiger partial charge in [-0.1, -0.05) is 30.3 Å². The lowest BCUT2D eigenvalue weighted by Gasteiger charge is -2.36. The van der Waals surface area contributed by atoms with Crippen LogP contribution in [0.2, 0.25) is 0 Å². The Kier molecular flexibility index (Phi) is 6.95. The third-order valence-corrected chi connectivity index (χ3v) is 8.37. The summed E-state index contributed by atoms with van der Waals surface area (Å²) in [6.07, 6.45) is 1.27. The van der Waals surface area contributed by atoms with Gasteiger partial charge in [-0.3, -0.25) is 9.59 Å². The summed E-state index contributed by atoms with van der Waals surface area (Å²) >= 11 is 0. The first-order valence-electron chi connectivity index (χ1n) is 11.6. The van der Waals surface area contributed by atoms with Crippen molar-refractivity contribution in [2.24, 2.45) is 5.92 Å².